The van der Waals surface area contributed by atoms with E-state index in [2.05, 4.69) is 40.9 Å². The van der Waals surface area contributed by atoms with Gasteiger partial charge in [-0.3, -0.25) is 0 Å². The Hall–Kier alpha value is -0.781. The van der Waals surface area contributed by atoms with Gasteiger partial charge in [-0.2, -0.15) is 0 Å². The zero-order valence-electron chi connectivity index (χ0n) is 11.9. The third-order valence-electron chi connectivity index (χ3n) is 1.04. The molecule has 4 radical (unpaired) electrons. The third kappa shape index (κ3) is 146. The molecule has 0 rings (SSSR count). The van der Waals surface area contributed by atoms with Crippen LogP contribution in [0.2, 0.25) is 0 Å². The van der Waals surface area contributed by atoms with Gasteiger partial charge in [-0.05, 0) is 12.2 Å². The second kappa shape index (κ2) is 36.0. The molecule has 4 nitrogen and oxygen atoms in total. The maximum Gasteiger partial charge on any atom is 2.00 e. The van der Waals surface area contributed by atoms with Crippen molar-refractivity contribution in [2.75, 3.05) is 0 Å². The molecule has 0 aromatic carbocycles. The zero-order chi connectivity index (χ0) is 15.4. The molecule has 0 aromatic heterocycles. The summed E-state index contributed by atoms with van der Waals surface area (Å²) in [5.41, 5.74) is 0. The predicted molar refractivity (Wildman–Crippen MR) is 76.7 cm³/mol. The van der Waals surface area contributed by atoms with Crippen LogP contribution in [0.4, 0.5) is 0 Å². The van der Waals surface area contributed by atoms with Crippen LogP contribution in [0.25, 0.3) is 0 Å². The van der Waals surface area contributed by atoms with Crippen LogP contribution in [-0.4, -0.2) is 35.8 Å². The Labute approximate surface area is 134 Å². The van der Waals surface area contributed by atoms with Crippen LogP contribution in [0.5, 0.6) is 0 Å². The van der Waals surface area contributed by atoms with E-state index < -0.39 is 11.9 Å². The Kier molecular flexibility index (Phi) is 58.6. The van der Waals surface area contributed by atoms with Gasteiger partial charge in [-0.15, -0.1) is 0 Å². The van der Waals surface area contributed by atoms with E-state index in [0.717, 1.165) is 25.0 Å². The fourth-order valence-corrected chi connectivity index (χ4v) is 0. The maximum absolute atomic E-state index is 9.14. The fraction of sp³-hybridized carbons (Fsp3) is 0.429. The number of rotatable bonds is 4. The fourth-order valence-electron chi connectivity index (χ4n) is 0. The molecule has 0 aliphatic carbocycles. The number of carboxylic acid groups (broad SMARTS) is 2. The first-order valence-electron chi connectivity index (χ1n) is 5.62. The average molecular weight is 375 g/mol. The van der Waals surface area contributed by atoms with Gasteiger partial charge in [0, 0.05) is 0 Å². The molecule has 0 amide bonds. The van der Waals surface area contributed by atoms with Crippen LogP contribution in [0.15, 0.2) is 25.3 Å². The molecule has 19 heavy (non-hydrogen) atoms. The van der Waals surface area contributed by atoms with Crippen LogP contribution in [-0.2, 0) is 9.59 Å². The van der Waals surface area contributed by atoms with Gasteiger partial charge >= 0.3 is 23.9 Å². The third-order valence-corrected chi connectivity index (χ3v) is 1.04. The Balaban J connectivity index is -0.0000000453. The Morgan fingerprint density at radius 1 is 0.895 bits per heavy atom. The van der Waals surface area contributed by atoms with E-state index in [4.69, 9.17) is 19.8 Å². The van der Waals surface area contributed by atoms with Gasteiger partial charge in [0.15, 0.2) is 0 Å². The largest absolute Gasteiger partial charge is 2.00 e. The van der Waals surface area contributed by atoms with E-state index in [1.54, 1.807) is 0 Å². The van der Waals surface area contributed by atoms with Crippen molar-refractivity contribution in [2.24, 2.45) is 0 Å². The molecule has 0 aliphatic heterocycles. The summed E-state index contributed by atoms with van der Waals surface area (Å²) in [6.07, 6.45) is 6.00. The molecule has 5 heteroatoms. The molecule has 0 fully saturated rings. The molecule has 108 valence electrons. The molecule has 0 unspecified atom stereocenters. The summed E-state index contributed by atoms with van der Waals surface area (Å²) in [5.74, 6) is -2.46. The summed E-state index contributed by atoms with van der Waals surface area (Å²) >= 11 is 0. The van der Waals surface area contributed by atoms with Crippen molar-refractivity contribution < 1.29 is 19.8 Å². The molecule has 0 bridgehead atoms. The summed E-state index contributed by atoms with van der Waals surface area (Å²) in [6.45, 7) is 17.2. The van der Waals surface area contributed by atoms with Gasteiger partial charge in [-0.1, -0.05) is 66.5 Å². The standard InChI is InChI=1S/2C4H9.2C3H4O2.Sn/c2*1-3-4-2;2*1-2-3(4)5;/h2*1,3-4H2,2H3;2*2H,1H2,(H,4,5);/q;;;;+2/p-2. The van der Waals surface area contributed by atoms with Crippen molar-refractivity contribution in [3.63, 3.8) is 0 Å². The van der Waals surface area contributed by atoms with Crippen LogP contribution < -0.4 is 10.2 Å². The van der Waals surface area contributed by atoms with Gasteiger partial charge in [0.25, 0.3) is 0 Å². The van der Waals surface area contributed by atoms with Crippen molar-refractivity contribution in [1.82, 2.24) is 0 Å². The van der Waals surface area contributed by atoms with Gasteiger partial charge in [0.05, 0.1) is 11.9 Å². The summed E-state index contributed by atoms with van der Waals surface area (Å²) in [7, 11) is 0. The molecular weight excluding hydrogens is 351 g/mol. The van der Waals surface area contributed by atoms with Gasteiger partial charge < -0.3 is 19.8 Å². The monoisotopic (exact) mass is 376 g/mol. The summed E-state index contributed by atoms with van der Waals surface area (Å²) in [6, 6.07) is 0. The van der Waals surface area contributed by atoms with Crippen molar-refractivity contribution in [1.29, 1.82) is 0 Å². The first-order valence-corrected chi connectivity index (χ1v) is 5.62. The zero-order valence-corrected chi connectivity index (χ0v) is 14.8. The minimum atomic E-state index is -1.23. The SMILES string of the molecule is C=CC(=O)[O-].C=CC(=O)[O-].[CH2]CCC.[CH2]CCC.[Sn+2]. The smallest absolute Gasteiger partial charge is 0.545 e. The van der Waals surface area contributed by atoms with E-state index in [9.17, 15) is 0 Å². The Bertz CT molecular complexity index is 178. The van der Waals surface area contributed by atoms with Crippen LogP contribution in [0.1, 0.15) is 39.5 Å². The summed E-state index contributed by atoms with van der Waals surface area (Å²) in [5, 5.41) is 18.3. The predicted octanol–water partition coefficient (Wildman–Crippen LogP) is 0.705. The van der Waals surface area contributed by atoms with Crippen LogP contribution in [0.3, 0.4) is 0 Å². The van der Waals surface area contributed by atoms with Crippen molar-refractivity contribution in [3.8, 4) is 0 Å². The molecule has 0 heterocycles. The number of unbranched alkanes of at least 4 members (excludes halogenated alkanes) is 2. The van der Waals surface area contributed by atoms with Gasteiger partial charge in [0.2, 0.25) is 0 Å². The second-order valence-electron chi connectivity index (χ2n) is 2.75. The molecular formula is C14H24O4Sn. The Morgan fingerprint density at radius 2 is 1.00 bits per heavy atom. The van der Waals surface area contributed by atoms with Gasteiger partial charge in [0.1, 0.15) is 0 Å². The maximum atomic E-state index is 9.14. The van der Waals surface area contributed by atoms with Crippen molar-refractivity contribution >= 4 is 35.8 Å². The molecule has 0 saturated heterocycles. The van der Waals surface area contributed by atoms with E-state index >= 15 is 0 Å². The van der Waals surface area contributed by atoms with Crippen molar-refractivity contribution in [3.05, 3.63) is 39.2 Å². The Morgan fingerprint density at radius 3 is 1.00 bits per heavy atom. The number of carboxylic acids is 2. The number of hydrogen-bond acceptors (Lipinski definition) is 4. The average Bonchev–Trinajstić information content (AvgIpc) is 2.39. The molecule has 0 spiro atoms. The molecule has 0 atom stereocenters. The topological polar surface area (TPSA) is 80.3 Å². The minimum absolute atomic E-state index is 0. The molecule has 0 aromatic rings. The first kappa shape index (κ1) is 30.9. The number of aliphatic carboxylic acids is 2. The normalized spacial score (nSPS) is 6.53. The van der Waals surface area contributed by atoms with E-state index in [-0.39, 0.29) is 23.9 Å². The second-order valence-corrected chi connectivity index (χ2v) is 2.75. The number of carbonyl (C=O) groups excluding carboxylic acids is 2. The minimum Gasteiger partial charge on any atom is -0.545 e. The number of hydrogen-bond donors (Lipinski definition) is 0. The summed E-state index contributed by atoms with van der Waals surface area (Å²) in [4.78, 5) is 18.3. The van der Waals surface area contributed by atoms with Crippen LogP contribution >= 0.6 is 0 Å². The number of carbonyl (C=O) groups is 2. The van der Waals surface area contributed by atoms with Crippen molar-refractivity contribution in [2.45, 2.75) is 39.5 Å². The molecule has 0 aliphatic rings. The first-order chi connectivity index (χ1) is 8.37. The summed E-state index contributed by atoms with van der Waals surface area (Å²) < 4.78 is 0. The van der Waals surface area contributed by atoms with E-state index in [1.807, 2.05) is 0 Å². The van der Waals surface area contributed by atoms with Gasteiger partial charge in [-0.25, -0.2) is 0 Å². The van der Waals surface area contributed by atoms with Crippen LogP contribution in [0, 0.1) is 13.8 Å². The van der Waals surface area contributed by atoms with E-state index in [1.165, 1.54) is 12.8 Å². The molecule has 0 N–H and O–H groups in total. The van der Waals surface area contributed by atoms with E-state index in [0.29, 0.717) is 0 Å². The quantitative estimate of drug-likeness (QED) is 0.536. The molecule has 0 saturated carbocycles.